The first-order valence-electron chi connectivity index (χ1n) is 8.93. The van der Waals surface area contributed by atoms with Crippen LogP contribution in [0.3, 0.4) is 0 Å². The van der Waals surface area contributed by atoms with E-state index in [2.05, 4.69) is 10.5 Å². The molecular weight excluding hydrogens is 500 g/mol. The van der Waals surface area contributed by atoms with Crippen molar-refractivity contribution in [3.05, 3.63) is 95.6 Å². The van der Waals surface area contributed by atoms with Crippen LogP contribution in [0.25, 0.3) is 0 Å². The number of ketones is 2. The van der Waals surface area contributed by atoms with Crippen LogP contribution in [0.4, 0.5) is 11.4 Å². The van der Waals surface area contributed by atoms with E-state index in [-0.39, 0.29) is 47.9 Å². The molecule has 0 spiro atoms. The zero-order valence-corrected chi connectivity index (χ0v) is 18.8. The molecule has 0 bridgehead atoms. The Morgan fingerprint density at radius 3 is 2.03 bits per heavy atom. The number of anilines is 1. The molecule has 0 saturated carbocycles. The maximum absolute atomic E-state index is 13.3. The third-order valence-corrected chi connectivity index (χ3v) is 6.62. The van der Waals surface area contributed by atoms with Crippen molar-refractivity contribution >= 4 is 75.6 Å². The van der Waals surface area contributed by atoms with Gasteiger partial charge in [-0.15, -0.1) is 0 Å². The van der Waals surface area contributed by atoms with Crippen LogP contribution in [0, 0.1) is 5.21 Å². The molecule has 0 aromatic heterocycles. The van der Waals surface area contributed by atoms with E-state index in [1.807, 2.05) is 6.07 Å². The standard InChI is InChI=1S/C21H11Cl4N3O4/c22-15-13-14(16(23)18(25)17(15)24)21(30)12-11(20(13)29)7-6-9(19(12)28(31)32)8-26-27-10-4-2-1-3-5-10/h1-8,27-28,31H. The molecule has 11 heteroatoms. The summed E-state index contributed by atoms with van der Waals surface area (Å²) in [6.07, 6.45) is 1.24. The third kappa shape index (κ3) is 3.68. The lowest BCUT2D eigenvalue weighted by atomic mass is 9.82. The number of carbonyl (C=O) groups excluding carboxylic acids is 2. The highest BCUT2D eigenvalue weighted by molar-refractivity contribution is 6.55. The zero-order valence-electron chi connectivity index (χ0n) is 15.7. The van der Waals surface area contributed by atoms with Gasteiger partial charge in [0.25, 0.3) is 0 Å². The molecule has 0 fully saturated rings. The number of nitrogens with one attached hydrogen (secondary N) is 2. The van der Waals surface area contributed by atoms with Gasteiger partial charge < -0.3 is 5.21 Å². The number of carbonyl (C=O) groups is 2. The third-order valence-electron chi connectivity index (χ3n) is 4.82. The van der Waals surface area contributed by atoms with Crippen LogP contribution in [0.5, 0.6) is 0 Å². The summed E-state index contributed by atoms with van der Waals surface area (Å²) >= 11 is 24.5. The SMILES string of the molecule is O=C1c2ccc(C=NNc3ccccc3)c([NH+]([O-])O)c2C(=O)c2c(Cl)c(Cl)c(Cl)c(Cl)c21. The van der Waals surface area contributed by atoms with E-state index in [1.165, 1.54) is 18.3 Å². The highest BCUT2D eigenvalue weighted by Gasteiger charge is 2.40. The number of para-hydroxylation sites is 1. The van der Waals surface area contributed by atoms with Crippen LogP contribution >= 0.6 is 46.4 Å². The minimum atomic E-state index is -1.42. The van der Waals surface area contributed by atoms with Crippen molar-refractivity contribution in [3.8, 4) is 0 Å². The minimum Gasteiger partial charge on any atom is -0.595 e. The predicted octanol–water partition coefficient (Wildman–Crippen LogP) is 4.93. The van der Waals surface area contributed by atoms with Crippen LogP contribution in [0.1, 0.15) is 37.4 Å². The summed E-state index contributed by atoms with van der Waals surface area (Å²) in [6, 6.07) is 11.7. The molecule has 0 amide bonds. The van der Waals surface area contributed by atoms with E-state index in [0.29, 0.717) is 5.69 Å². The van der Waals surface area contributed by atoms with Gasteiger partial charge >= 0.3 is 0 Å². The smallest absolute Gasteiger partial charge is 0.202 e. The molecule has 1 atom stereocenters. The summed E-state index contributed by atoms with van der Waals surface area (Å²) < 4.78 is 0. The molecule has 0 heterocycles. The Labute approximate surface area is 201 Å². The number of hydrogen-bond acceptors (Lipinski definition) is 6. The van der Waals surface area contributed by atoms with Crippen LogP contribution in [0.15, 0.2) is 47.6 Å². The second-order valence-electron chi connectivity index (χ2n) is 6.66. The topological polar surface area (TPSA) is 106 Å². The van der Waals surface area contributed by atoms with Gasteiger partial charge in [0.15, 0.2) is 11.5 Å². The summed E-state index contributed by atoms with van der Waals surface area (Å²) in [5.74, 6) is -1.49. The van der Waals surface area contributed by atoms with Gasteiger partial charge in [-0.05, 0) is 24.3 Å². The van der Waals surface area contributed by atoms with Gasteiger partial charge in [0.2, 0.25) is 5.78 Å². The Kier molecular flexibility index (Phi) is 6.24. The molecule has 3 aromatic carbocycles. The van der Waals surface area contributed by atoms with Crippen molar-refractivity contribution in [1.29, 1.82) is 0 Å². The summed E-state index contributed by atoms with van der Waals surface area (Å²) in [4.78, 5) is 26.5. The van der Waals surface area contributed by atoms with E-state index in [0.717, 1.165) is 0 Å². The number of halogens is 4. The lowest BCUT2D eigenvalue weighted by Gasteiger charge is -2.25. The van der Waals surface area contributed by atoms with Gasteiger partial charge in [0, 0.05) is 5.56 Å². The molecule has 4 rings (SSSR count). The Balaban J connectivity index is 1.87. The Morgan fingerprint density at radius 1 is 0.844 bits per heavy atom. The van der Waals surface area contributed by atoms with Crippen molar-refractivity contribution in [2.24, 2.45) is 5.10 Å². The second kappa shape index (κ2) is 8.80. The normalized spacial score (nSPS) is 13.8. The Hall–Kier alpha value is -2.49. The number of hydrazone groups is 1. The first-order chi connectivity index (χ1) is 15.2. The number of hydrogen-bond donors (Lipinski definition) is 3. The molecule has 1 aliphatic carbocycles. The van der Waals surface area contributed by atoms with Gasteiger partial charge in [0.1, 0.15) is 0 Å². The van der Waals surface area contributed by atoms with Crippen molar-refractivity contribution < 1.29 is 20.0 Å². The number of rotatable bonds is 4. The van der Waals surface area contributed by atoms with Gasteiger partial charge in [-0.3, -0.25) is 15.0 Å². The lowest BCUT2D eigenvalue weighted by Crippen LogP contribution is -2.99. The van der Waals surface area contributed by atoms with Crippen molar-refractivity contribution in [2.75, 3.05) is 5.43 Å². The van der Waals surface area contributed by atoms with E-state index >= 15 is 0 Å². The lowest BCUT2D eigenvalue weighted by molar-refractivity contribution is -0.991. The first-order valence-corrected chi connectivity index (χ1v) is 10.4. The van der Waals surface area contributed by atoms with Crippen LogP contribution < -0.4 is 10.7 Å². The molecule has 3 N–H and O–H groups in total. The zero-order chi connectivity index (χ0) is 23.2. The maximum Gasteiger partial charge on any atom is 0.202 e. The molecule has 3 aromatic rings. The van der Waals surface area contributed by atoms with Crippen molar-refractivity contribution in [2.45, 2.75) is 0 Å². The van der Waals surface area contributed by atoms with Crippen LogP contribution in [-0.2, 0) is 0 Å². The minimum absolute atomic E-state index is 0.103. The Bertz CT molecular complexity index is 1310. The van der Waals surface area contributed by atoms with E-state index in [4.69, 9.17) is 46.4 Å². The molecule has 0 aliphatic heterocycles. The van der Waals surface area contributed by atoms with E-state index in [1.54, 1.807) is 24.3 Å². The fourth-order valence-corrected chi connectivity index (χ4v) is 4.41. The maximum atomic E-state index is 13.3. The summed E-state index contributed by atoms with van der Waals surface area (Å²) in [7, 11) is 0. The first kappa shape index (κ1) is 22.7. The molecule has 32 heavy (non-hydrogen) atoms. The second-order valence-corrected chi connectivity index (χ2v) is 8.17. The molecule has 0 radical (unpaired) electrons. The summed E-state index contributed by atoms with van der Waals surface area (Å²) in [5, 5.41) is 23.7. The molecule has 0 saturated heterocycles. The number of benzene rings is 3. The number of fused-ring (bicyclic) bond motifs is 2. The van der Waals surface area contributed by atoms with Gasteiger partial charge in [-0.2, -0.15) is 10.3 Å². The van der Waals surface area contributed by atoms with Gasteiger partial charge in [0.05, 0.1) is 54.2 Å². The van der Waals surface area contributed by atoms with Crippen LogP contribution in [-0.4, -0.2) is 23.0 Å². The quantitative estimate of drug-likeness (QED) is 0.156. The monoisotopic (exact) mass is 509 g/mol. The van der Waals surface area contributed by atoms with Crippen molar-refractivity contribution in [3.63, 3.8) is 0 Å². The number of quaternary nitrogens is 1. The molecule has 1 aliphatic rings. The van der Waals surface area contributed by atoms with Gasteiger partial charge in [-0.1, -0.05) is 64.6 Å². The van der Waals surface area contributed by atoms with Gasteiger partial charge in [-0.25, -0.2) is 5.21 Å². The van der Waals surface area contributed by atoms with Crippen molar-refractivity contribution in [1.82, 2.24) is 0 Å². The fraction of sp³-hybridized carbons (Fsp3) is 0. The summed E-state index contributed by atoms with van der Waals surface area (Å²) in [5.41, 5.74) is 2.17. The molecular formula is C21H11Cl4N3O4. The van der Waals surface area contributed by atoms with E-state index in [9.17, 15) is 20.0 Å². The largest absolute Gasteiger partial charge is 0.595 e. The van der Waals surface area contributed by atoms with Crippen LogP contribution in [0.2, 0.25) is 20.1 Å². The molecule has 162 valence electrons. The Morgan fingerprint density at radius 2 is 1.44 bits per heavy atom. The fourth-order valence-electron chi connectivity index (χ4n) is 3.39. The average Bonchev–Trinajstić information content (AvgIpc) is 2.78. The van der Waals surface area contributed by atoms with E-state index < -0.39 is 22.5 Å². The highest BCUT2D eigenvalue weighted by Crippen LogP contribution is 2.46. The molecule has 7 nitrogen and oxygen atoms in total. The average molecular weight is 511 g/mol. The number of nitrogens with zero attached hydrogens (tertiary/aromatic N) is 1. The highest BCUT2D eigenvalue weighted by atomic mass is 35.5. The summed E-state index contributed by atoms with van der Waals surface area (Å²) in [6.45, 7) is 0. The molecule has 1 unspecified atom stereocenters. The predicted molar refractivity (Wildman–Crippen MR) is 123 cm³/mol.